The summed E-state index contributed by atoms with van der Waals surface area (Å²) in [6.07, 6.45) is 5.08. The van der Waals surface area contributed by atoms with E-state index >= 15 is 0 Å². The van der Waals surface area contributed by atoms with Crippen LogP contribution in [0.25, 0.3) is 5.57 Å². The molecule has 1 aliphatic carbocycles. The number of rotatable bonds is 2. The molecular formula is C12H13BO3. The number of para-hydroxylation sites is 1. The molecule has 0 atom stereocenters. The van der Waals surface area contributed by atoms with E-state index in [0.717, 1.165) is 24.0 Å². The van der Waals surface area contributed by atoms with Crippen molar-refractivity contribution in [3.05, 3.63) is 47.5 Å². The summed E-state index contributed by atoms with van der Waals surface area (Å²) in [7, 11) is -1.44. The molecule has 4 heteroatoms. The molecule has 1 aliphatic rings. The van der Waals surface area contributed by atoms with Gasteiger partial charge in [0.1, 0.15) is 5.75 Å². The third-order valence-electron chi connectivity index (χ3n) is 2.68. The van der Waals surface area contributed by atoms with Gasteiger partial charge in [-0.25, -0.2) is 0 Å². The predicted molar refractivity (Wildman–Crippen MR) is 63.6 cm³/mol. The summed E-state index contributed by atoms with van der Waals surface area (Å²) in [5.74, 6) is 0.224. The highest BCUT2D eigenvalue weighted by molar-refractivity contribution is 6.52. The number of allylic oxidation sites excluding steroid dienone is 4. The number of aromatic hydroxyl groups is 1. The molecule has 0 fully saturated rings. The van der Waals surface area contributed by atoms with Crippen LogP contribution in [-0.2, 0) is 0 Å². The van der Waals surface area contributed by atoms with Crippen molar-refractivity contribution >= 4 is 12.7 Å². The Hall–Kier alpha value is -1.52. The highest BCUT2D eigenvalue weighted by Gasteiger charge is 2.17. The summed E-state index contributed by atoms with van der Waals surface area (Å²) in [5, 5.41) is 27.9. The van der Waals surface area contributed by atoms with Crippen molar-refractivity contribution in [1.29, 1.82) is 0 Å². The van der Waals surface area contributed by atoms with Crippen LogP contribution in [0.1, 0.15) is 18.4 Å². The van der Waals surface area contributed by atoms with E-state index in [1.54, 1.807) is 24.3 Å². The van der Waals surface area contributed by atoms with Gasteiger partial charge in [-0.05, 0) is 30.0 Å². The first-order valence-corrected chi connectivity index (χ1v) is 5.23. The maximum atomic E-state index is 9.70. The molecule has 0 saturated carbocycles. The zero-order chi connectivity index (χ0) is 11.5. The fourth-order valence-electron chi connectivity index (χ4n) is 1.86. The summed E-state index contributed by atoms with van der Waals surface area (Å²) in [6.45, 7) is 0. The quantitative estimate of drug-likeness (QED) is 0.656. The van der Waals surface area contributed by atoms with Gasteiger partial charge in [-0.2, -0.15) is 0 Å². The Morgan fingerprint density at radius 2 is 1.88 bits per heavy atom. The van der Waals surface area contributed by atoms with Crippen molar-refractivity contribution in [3.8, 4) is 5.75 Å². The molecule has 1 aromatic rings. The molecule has 0 amide bonds. The number of benzene rings is 1. The molecule has 0 radical (unpaired) electrons. The average molecular weight is 216 g/mol. The van der Waals surface area contributed by atoms with Crippen LogP contribution in [-0.4, -0.2) is 22.3 Å². The largest absolute Gasteiger partial charge is 0.507 e. The van der Waals surface area contributed by atoms with Crippen LogP contribution in [0.5, 0.6) is 5.75 Å². The van der Waals surface area contributed by atoms with Crippen LogP contribution in [0, 0.1) is 0 Å². The summed E-state index contributed by atoms with van der Waals surface area (Å²) in [5.41, 5.74) is 2.18. The average Bonchev–Trinajstić information content (AvgIpc) is 2.30. The molecule has 0 bridgehead atoms. The van der Waals surface area contributed by atoms with Crippen LogP contribution >= 0.6 is 0 Å². The Morgan fingerprint density at radius 3 is 2.56 bits per heavy atom. The van der Waals surface area contributed by atoms with Crippen molar-refractivity contribution < 1.29 is 15.2 Å². The van der Waals surface area contributed by atoms with Crippen molar-refractivity contribution in [3.63, 3.8) is 0 Å². The van der Waals surface area contributed by atoms with E-state index in [-0.39, 0.29) is 5.75 Å². The minimum absolute atomic E-state index is 0.224. The van der Waals surface area contributed by atoms with E-state index in [1.807, 2.05) is 12.1 Å². The summed E-state index contributed by atoms with van der Waals surface area (Å²) < 4.78 is 0. The van der Waals surface area contributed by atoms with Gasteiger partial charge in [0, 0.05) is 5.56 Å². The molecule has 0 aliphatic heterocycles. The molecule has 16 heavy (non-hydrogen) atoms. The number of hydrogen-bond acceptors (Lipinski definition) is 3. The van der Waals surface area contributed by atoms with Crippen molar-refractivity contribution in [2.24, 2.45) is 0 Å². The van der Waals surface area contributed by atoms with Crippen LogP contribution in [0.15, 0.2) is 41.9 Å². The lowest BCUT2D eigenvalue weighted by Gasteiger charge is -2.14. The summed E-state index contributed by atoms with van der Waals surface area (Å²) in [6, 6.07) is 7.07. The molecule has 0 unspecified atom stereocenters. The normalized spacial score (nSPS) is 15.4. The Kier molecular flexibility index (Phi) is 3.13. The SMILES string of the molecule is OB(O)C1=CCCC(c2ccccc2O)=C1. The van der Waals surface area contributed by atoms with E-state index in [2.05, 4.69) is 0 Å². The molecule has 0 saturated heterocycles. The summed E-state index contributed by atoms with van der Waals surface area (Å²) >= 11 is 0. The Bertz CT molecular complexity index is 449. The first-order valence-electron chi connectivity index (χ1n) is 5.23. The van der Waals surface area contributed by atoms with E-state index in [1.165, 1.54) is 0 Å². The minimum atomic E-state index is -1.44. The lowest BCUT2D eigenvalue weighted by molar-refractivity contribution is 0.420. The van der Waals surface area contributed by atoms with Gasteiger partial charge in [-0.3, -0.25) is 0 Å². The van der Waals surface area contributed by atoms with E-state index < -0.39 is 7.12 Å². The fourth-order valence-corrected chi connectivity index (χ4v) is 1.86. The van der Waals surface area contributed by atoms with Gasteiger partial charge >= 0.3 is 7.12 Å². The number of phenols is 1. The zero-order valence-corrected chi connectivity index (χ0v) is 8.80. The number of phenolic OH excluding ortho intramolecular Hbond substituents is 1. The highest BCUT2D eigenvalue weighted by Crippen LogP contribution is 2.31. The lowest BCUT2D eigenvalue weighted by Crippen LogP contribution is -2.15. The smallest absolute Gasteiger partial charge is 0.488 e. The second kappa shape index (κ2) is 4.55. The second-order valence-electron chi connectivity index (χ2n) is 3.80. The third-order valence-corrected chi connectivity index (χ3v) is 2.68. The van der Waals surface area contributed by atoms with Crippen LogP contribution in [0.2, 0.25) is 0 Å². The van der Waals surface area contributed by atoms with Gasteiger partial charge in [0.25, 0.3) is 0 Å². The monoisotopic (exact) mass is 216 g/mol. The second-order valence-corrected chi connectivity index (χ2v) is 3.80. The fraction of sp³-hybridized carbons (Fsp3) is 0.167. The molecule has 3 N–H and O–H groups in total. The molecule has 3 nitrogen and oxygen atoms in total. The first-order chi connectivity index (χ1) is 7.68. The van der Waals surface area contributed by atoms with Gasteiger partial charge in [0.05, 0.1) is 0 Å². The standard InChI is InChI=1S/C12H13BO3/c14-12-7-2-1-6-11(12)9-4-3-5-10(8-9)13(15)16/h1-2,5-8,14-16H,3-4H2. The van der Waals surface area contributed by atoms with Gasteiger partial charge < -0.3 is 15.2 Å². The molecule has 2 rings (SSSR count). The Labute approximate surface area is 94.5 Å². The van der Waals surface area contributed by atoms with Crippen LogP contribution < -0.4 is 0 Å². The van der Waals surface area contributed by atoms with E-state index in [9.17, 15) is 5.11 Å². The van der Waals surface area contributed by atoms with Gasteiger partial charge in [0.15, 0.2) is 0 Å². The van der Waals surface area contributed by atoms with Crippen LogP contribution in [0.4, 0.5) is 0 Å². The lowest BCUT2D eigenvalue weighted by atomic mass is 9.74. The first kappa shape index (κ1) is 11.0. The topological polar surface area (TPSA) is 60.7 Å². The van der Waals surface area contributed by atoms with Crippen molar-refractivity contribution in [1.82, 2.24) is 0 Å². The molecule has 0 aromatic heterocycles. The van der Waals surface area contributed by atoms with Gasteiger partial charge in [0.2, 0.25) is 0 Å². The molecule has 1 aromatic carbocycles. The Morgan fingerprint density at radius 1 is 1.12 bits per heavy atom. The zero-order valence-electron chi connectivity index (χ0n) is 8.80. The third kappa shape index (κ3) is 2.18. The minimum Gasteiger partial charge on any atom is -0.507 e. The van der Waals surface area contributed by atoms with E-state index in [4.69, 9.17) is 10.0 Å². The predicted octanol–water partition coefficient (Wildman–Crippen LogP) is 1.51. The van der Waals surface area contributed by atoms with Crippen LogP contribution in [0.3, 0.4) is 0 Å². The molecular weight excluding hydrogens is 203 g/mol. The highest BCUT2D eigenvalue weighted by atomic mass is 16.4. The van der Waals surface area contributed by atoms with E-state index in [0.29, 0.717) is 5.47 Å². The maximum Gasteiger partial charge on any atom is 0.488 e. The van der Waals surface area contributed by atoms with Gasteiger partial charge in [-0.15, -0.1) is 0 Å². The summed E-state index contributed by atoms with van der Waals surface area (Å²) in [4.78, 5) is 0. The maximum absolute atomic E-state index is 9.70. The molecule has 0 heterocycles. The van der Waals surface area contributed by atoms with Crippen molar-refractivity contribution in [2.45, 2.75) is 12.8 Å². The number of hydrogen-bond donors (Lipinski definition) is 3. The van der Waals surface area contributed by atoms with Crippen molar-refractivity contribution in [2.75, 3.05) is 0 Å². The molecule has 0 spiro atoms. The van der Waals surface area contributed by atoms with Gasteiger partial charge in [-0.1, -0.05) is 30.4 Å². The molecule has 82 valence electrons. The Balaban J connectivity index is 2.36.